The van der Waals surface area contributed by atoms with Gasteiger partial charge < -0.3 is 20.5 Å². The van der Waals surface area contributed by atoms with Crippen LogP contribution in [0, 0.1) is 0 Å². The molecule has 120 valence electrons. The largest absolute Gasteiger partial charge is 0.479 e. The molecule has 21 heavy (non-hydrogen) atoms. The van der Waals surface area contributed by atoms with E-state index in [2.05, 4.69) is 36.1 Å². The minimum atomic E-state index is -0.168. The molecule has 0 atom stereocenters. The molecule has 1 rings (SSSR count). The highest BCUT2D eigenvalue weighted by molar-refractivity contribution is 5.67. The lowest BCUT2D eigenvalue weighted by atomic mass is 9.96. The molecule has 0 aliphatic carbocycles. The van der Waals surface area contributed by atoms with E-state index in [4.69, 9.17) is 15.2 Å². The van der Waals surface area contributed by atoms with Crippen molar-refractivity contribution in [1.29, 1.82) is 0 Å². The summed E-state index contributed by atoms with van der Waals surface area (Å²) in [6, 6.07) is 0. The van der Waals surface area contributed by atoms with E-state index < -0.39 is 0 Å². The number of rotatable bonds is 7. The van der Waals surface area contributed by atoms with Crippen molar-refractivity contribution in [3.63, 3.8) is 0 Å². The molecule has 0 spiro atoms. The third-order valence-corrected chi connectivity index (χ3v) is 2.84. The fraction of sp³-hybridized carbons (Fsp3) is 0.733. The summed E-state index contributed by atoms with van der Waals surface area (Å²) >= 11 is 0. The molecule has 0 fully saturated rings. The summed E-state index contributed by atoms with van der Waals surface area (Å²) in [7, 11) is 1.56. The Balaban J connectivity index is 2.76. The molecule has 6 nitrogen and oxygen atoms in total. The second kappa shape index (κ2) is 7.45. The number of hydrogen-bond donors (Lipinski definition) is 2. The fourth-order valence-corrected chi connectivity index (χ4v) is 1.67. The SMILES string of the molecule is COc1nc(C(C)(C)C)nc(NCCCOC(C)C)c1N. The summed E-state index contributed by atoms with van der Waals surface area (Å²) in [6.07, 6.45) is 1.14. The van der Waals surface area contributed by atoms with Crippen molar-refractivity contribution in [2.45, 2.75) is 52.6 Å². The predicted molar refractivity (Wildman–Crippen MR) is 85.9 cm³/mol. The van der Waals surface area contributed by atoms with Crippen molar-refractivity contribution in [3.8, 4) is 5.88 Å². The summed E-state index contributed by atoms with van der Waals surface area (Å²) in [4.78, 5) is 8.88. The average Bonchev–Trinajstić information content (AvgIpc) is 2.38. The van der Waals surface area contributed by atoms with Crippen LogP contribution in [0.1, 0.15) is 46.9 Å². The van der Waals surface area contributed by atoms with Crippen molar-refractivity contribution < 1.29 is 9.47 Å². The number of ether oxygens (including phenoxy) is 2. The second-order valence-corrected chi connectivity index (χ2v) is 6.27. The highest BCUT2D eigenvalue weighted by atomic mass is 16.5. The van der Waals surface area contributed by atoms with Gasteiger partial charge in [-0.3, -0.25) is 0 Å². The van der Waals surface area contributed by atoms with Crippen LogP contribution >= 0.6 is 0 Å². The quantitative estimate of drug-likeness (QED) is 0.753. The Bertz CT molecular complexity index is 456. The summed E-state index contributed by atoms with van der Waals surface area (Å²) < 4.78 is 10.7. The first kappa shape index (κ1) is 17.5. The highest BCUT2D eigenvalue weighted by Crippen LogP contribution is 2.29. The van der Waals surface area contributed by atoms with Crippen LogP contribution in [-0.4, -0.2) is 36.3 Å². The van der Waals surface area contributed by atoms with Gasteiger partial charge in [-0.05, 0) is 20.3 Å². The Hall–Kier alpha value is -1.56. The Morgan fingerprint density at radius 3 is 2.43 bits per heavy atom. The van der Waals surface area contributed by atoms with E-state index in [0.717, 1.165) is 13.0 Å². The summed E-state index contributed by atoms with van der Waals surface area (Å²) in [5.41, 5.74) is 6.30. The summed E-state index contributed by atoms with van der Waals surface area (Å²) in [5, 5.41) is 3.24. The number of nitrogens with one attached hydrogen (secondary N) is 1. The van der Waals surface area contributed by atoms with Gasteiger partial charge >= 0.3 is 0 Å². The van der Waals surface area contributed by atoms with Crippen LogP contribution in [0.3, 0.4) is 0 Å². The first-order valence-electron chi connectivity index (χ1n) is 7.33. The minimum Gasteiger partial charge on any atom is -0.479 e. The lowest BCUT2D eigenvalue weighted by Gasteiger charge is -2.20. The molecule has 0 aliphatic heterocycles. The van der Waals surface area contributed by atoms with Gasteiger partial charge in [-0.2, -0.15) is 4.98 Å². The van der Waals surface area contributed by atoms with Gasteiger partial charge in [-0.25, -0.2) is 4.98 Å². The standard InChI is InChI=1S/C15H28N4O2/c1-10(2)21-9-7-8-17-12-11(16)13(20-6)19-14(18-12)15(3,4)5/h10H,7-9,16H2,1-6H3,(H,17,18,19). The third kappa shape index (κ3) is 5.38. The smallest absolute Gasteiger partial charge is 0.242 e. The lowest BCUT2D eigenvalue weighted by Crippen LogP contribution is -2.19. The van der Waals surface area contributed by atoms with Gasteiger partial charge in [0.1, 0.15) is 11.5 Å². The van der Waals surface area contributed by atoms with Crippen LogP contribution in [0.4, 0.5) is 11.5 Å². The van der Waals surface area contributed by atoms with E-state index >= 15 is 0 Å². The first-order chi connectivity index (χ1) is 9.75. The van der Waals surface area contributed by atoms with Gasteiger partial charge in [-0.15, -0.1) is 0 Å². The van der Waals surface area contributed by atoms with E-state index in [1.54, 1.807) is 7.11 Å². The molecule has 0 saturated heterocycles. The molecule has 1 aromatic rings. The number of nitrogens with two attached hydrogens (primary N) is 1. The number of nitrogens with zero attached hydrogens (tertiary/aromatic N) is 2. The normalized spacial score (nSPS) is 11.8. The molecule has 0 radical (unpaired) electrons. The molecular formula is C15H28N4O2. The maximum Gasteiger partial charge on any atom is 0.242 e. The van der Waals surface area contributed by atoms with Crippen molar-refractivity contribution in [2.75, 3.05) is 31.3 Å². The number of anilines is 2. The van der Waals surface area contributed by atoms with Gasteiger partial charge in [0.25, 0.3) is 0 Å². The van der Waals surface area contributed by atoms with Crippen LogP contribution in [-0.2, 0) is 10.2 Å². The zero-order chi connectivity index (χ0) is 16.0. The fourth-order valence-electron chi connectivity index (χ4n) is 1.67. The minimum absolute atomic E-state index is 0.168. The van der Waals surface area contributed by atoms with Gasteiger partial charge in [0.2, 0.25) is 5.88 Å². The lowest BCUT2D eigenvalue weighted by molar-refractivity contribution is 0.0787. The van der Waals surface area contributed by atoms with Crippen LogP contribution in [0.15, 0.2) is 0 Å². The van der Waals surface area contributed by atoms with E-state index in [-0.39, 0.29) is 11.5 Å². The predicted octanol–water partition coefficient (Wildman–Crippen LogP) is 2.59. The zero-order valence-corrected chi connectivity index (χ0v) is 14.0. The van der Waals surface area contributed by atoms with Gasteiger partial charge in [0.15, 0.2) is 5.82 Å². The van der Waals surface area contributed by atoms with E-state index in [1.165, 1.54) is 0 Å². The summed E-state index contributed by atoms with van der Waals surface area (Å²) in [5.74, 6) is 1.74. The van der Waals surface area contributed by atoms with Gasteiger partial charge in [0.05, 0.1) is 13.2 Å². The maximum atomic E-state index is 6.03. The molecule has 0 aromatic carbocycles. The zero-order valence-electron chi connectivity index (χ0n) is 14.0. The summed E-state index contributed by atoms with van der Waals surface area (Å²) in [6.45, 7) is 11.7. The molecule has 0 bridgehead atoms. The molecule has 3 N–H and O–H groups in total. The van der Waals surface area contributed by atoms with E-state index in [0.29, 0.717) is 29.8 Å². The third-order valence-electron chi connectivity index (χ3n) is 2.84. The molecule has 0 saturated carbocycles. The van der Waals surface area contributed by atoms with E-state index in [9.17, 15) is 0 Å². The van der Waals surface area contributed by atoms with Crippen molar-refractivity contribution in [3.05, 3.63) is 5.82 Å². The molecule has 0 aliphatic rings. The Labute approximate surface area is 127 Å². The molecule has 1 heterocycles. The van der Waals surface area contributed by atoms with Crippen molar-refractivity contribution in [1.82, 2.24) is 9.97 Å². The average molecular weight is 296 g/mol. The number of aromatic nitrogens is 2. The van der Waals surface area contributed by atoms with Crippen LogP contribution in [0.25, 0.3) is 0 Å². The first-order valence-corrected chi connectivity index (χ1v) is 7.33. The number of methoxy groups -OCH3 is 1. The Morgan fingerprint density at radius 1 is 1.24 bits per heavy atom. The van der Waals surface area contributed by atoms with Crippen molar-refractivity contribution in [2.24, 2.45) is 0 Å². The number of hydrogen-bond acceptors (Lipinski definition) is 6. The number of nitrogen functional groups attached to an aromatic ring is 1. The van der Waals surface area contributed by atoms with Crippen LogP contribution in [0.2, 0.25) is 0 Å². The molecule has 0 amide bonds. The monoisotopic (exact) mass is 296 g/mol. The molecular weight excluding hydrogens is 268 g/mol. The van der Waals surface area contributed by atoms with Crippen LogP contribution < -0.4 is 15.8 Å². The van der Waals surface area contributed by atoms with Gasteiger partial charge in [0, 0.05) is 18.6 Å². The van der Waals surface area contributed by atoms with Crippen LogP contribution in [0.5, 0.6) is 5.88 Å². The highest BCUT2D eigenvalue weighted by Gasteiger charge is 2.21. The topological polar surface area (TPSA) is 82.3 Å². The molecule has 0 unspecified atom stereocenters. The van der Waals surface area contributed by atoms with Gasteiger partial charge in [-0.1, -0.05) is 20.8 Å². The Morgan fingerprint density at radius 2 is 1.90 bits per heavy atom. The molecule has 1 aromatic heterocycles. The second-order valence-electron chi connectivity index (χ2n) is 6.27. The molecule has 6 heteroatoms. The maximum absolute atomic E-state index is 6.03. The van der Waals surface area contributed by atoms with E-state index in [1.807, 2.05) is 13.8 Å². The Kier molecular flexibility index (Phi) is 6.20. The van der Waals surface area contributed by atoms with Crippen molar-refractivity contribution >= 4 is 11.5 Å².